The first kappa shape index (κ1) is 113. The van der Waals surface area contributed by atoms with Gasteiger partial charge in [-0.3, -0.25) is 0 Å². The molecule has 0 unspecified atom stereocenters. The molecule has 0 fully saturated rings. The van der Waals surface area contributed by atoms with Gasteiger partial charge in [-0.25, -0.2) is 70.2 Å². The fourth-order valence-corrected chi connectivity index (χ4v) is 14.9. The minimum absolute atomic E-state index is 2.53. The van der Waals surface area contributed by atoms with E-state index in [9.17, 15) is 193 Å². The highest BCUT2D eigenvalue weighted by atomic mass is 28.5. The van der Waals surface area contributed by atoms with Crippen LogP contribution in [0.2, 0.25) is 0 Å². The number of alkyl halides is 64. The van der Waals surface area contributed by atoms with Crippen molar-refractivity contribution in [2.24, 2.45) is 0 Å². The van der Waals surface area contributed by atoms with E-state index in [0.29, 0.717) is 0 Å². The van der Waals surface area contributed by atoms with Gasteiger partial charge in [0.15, 0.2) is 0 Å². The van der Waals surface area contributed by atoms with Crippen LogP contribution in [-0.4, -0.2) is 274 Å². The predicted octanol–water partition coefficient (Wildman–Crippen LogP) is 19.8. The molecule has 0 aromatic rings. The number of rotatable bonds is 52. The second kappa shape index (κ2) is 34.4. The number of hydrogen-bond acceptors (Lipinski definition) is 10. The van der Waals surface area contributed by atoms with Crippen LogP contribution < -0.4 is 0 Å². The van der Waals surface area contributed by atoms with Crippen molar-refractivity contribution in [2.75, 3.05) is 52.9 Å². The van der Waals surface area contributed by atoms with Gasteiger partial charge in [0.25, 0.3) is 0 Å². The third kappa shape index (κ3) is 20.6. The molecule has 0 aliphatic heterocycles. The van der Waals surface area contributed by atoms with Gasteiger partial charge < -0.3 is 43.6 Å². The second-order valence-corrected chi connectivity index (χ2v) is 28.6. The standard InChI is InChI=1S/C40H24F64O10Si3/c41-9(42)25(73,74)33(89,90)17(57,58)1-105-115(106-2-18(59,60)34(91,92)26(75,76)10(43)44,107-3-19(61,62)35(93,94)27(77,78)11(45)46)113-117(111-7-23(69,70)39(101,102)31(85,86)15(53)54,112-8-24(71,72)40(103,104)32(87,88)16(55)56)114-116(108-4-20(63,64)36(95,96)28(79,80)12(47)48,109-5-21(65,66)37(97,98)29(81,82)13(49)50)110-6-22(67,68)38(99,100)30(83,84)14(51)52/h9-16H,1-8H2. The van der Waals surface area contributed by atoms with Crippen molar-refractivity contribution in [1.29, 1.82) is 0 Å². The average Bonchev–Trinajstić information content (AvgIpc) is 0.780. The van der Waals surface area contributed by atoms with E-state index in [-0.39, 0.29) is 0 Å². The van der Waals surface area contributed by atoms with E-state index in [0.717, 1.165) is 0 Å². The third-order valence-corrected chi connectivity index (χ3v) is 21.1. The Labute approximate surface area is 598 Å². The molecule has 0 aromatic heterocycles. The molecule has 0 spiro atoms. The summed E-state index contributed by atoms with van der Waals surface area (Å²) in [5, 5.41) is 0. The first-order valence-electron chi connectivity index (χ1n) is 26.5. The van der Waals surface area contributed by atoms with Gasteiger partial charge in [-0.15, -0.1) is 0 Å². The van der Waals surface area contributed by atoms with Gasteiger partial charge >= 0.3 is 221 Å². The van der Waals surface area contributed by atoms with E-state index >= 15 is 87.8 Å². The number of hydrogen-bond donors (Lipinski definition) is 0. The van der Waals surface area contributed by atoms with Crippen molar-refractivity contribution >= 4 is 27.1 Å². The molecule has 0 N–H and O–H groups in total. The molecule has 0 saturated heterocycles. The maximum atomic E-state index is 15.7. The van der Waals surface area contributed by atoms with Crippen LogP contribution in [0.25, 0.3) is 0 Å². The normalized spacial score (nSPS) is 16.4. The maximum Gasteiger partial charge on any atom is 0.674 e. The lowest BCUT2D eigenvalue weighted by molar-refractivity contribution is -0.354. The molecule has 0 aromatic carbocycles. The third-order valence-electron chi connectivity index (χ3n) is 13.2. The van der Waals surface area contributed by atoms with Crippen molar-refractivity contribution in [3.63, 3.8) is 0 Å². The van der Waals surface area contributed by atoms with E-state index in [2.05, 4.69) is 43.6 Å². The van der Waals surface area contributed by atoms with E-state index in [4.69, 9.17) is 0 Å². The smallest absolute Gasteiger partial charge is 0.345 e. The molecule has 77 heteroatoms. The van der Waals surface area contributed by atoms with Crippen LogP contribution in [-0.2, 0) is 43.6 Å². The zero-order valence-corrected chi connectivity index (χ0v) is 55.0. The summed E-state index contributed by atoms with van der Waals surface area (Å²) in [7, 11) is -35.3. The maximum absolute atomic E-state index is 15.7. The number of halogens is 64. The van der Waals surface area contributed by atoms with E-state index in [1.807, 2.05) is 0 Å². The minimum Gasteiger partial charge on any atom is -0.345 e. The summed E-state index contributed by atoms with van der Waals surface area (Å²) in [5.41, 5.74) is 0. The quantitative estimate of drug-likeness (QED) is 0.0433. The topological polar surface area (TPSA) is 92.3 Å². The summed E-state index contributed by atoms with van der Waals surface area (Å²) in [5.74, 6) is -211. The van der Waals surface area contributed by atoms with Crippen molar-refractivity contribution < 1.29 is 325 Å². The van der Waals surface area contributed by atoms with Crippen LogP contribution in [0.4, 0.5) is 281 Å². The Morgan fingerprint density at radius 3 is 0.291 bits per heavy atom. The van der Waals surface area contributed by atoms with Gasteiger partial charge in [-0.2, -0.15) is 211 Å². The molecule has 0 atom stereocenters. The molecule has 117 heavy (non-hydrogen) atoms. The van der Waals surface area contributed by atoms with Crippen molar-refractivity contribution in [3.8, 4) is 0 Å². The van der Waals surface area contributed by atoms with Crippen LogP contribution in [0.1, 0.15) is 0 Å². The summed E-state index contributed by atoms with van der Waals surface area (Å²) in [4.78, 5) is 0. The molecular formula is C40H24F64O10Si3. The molecule has 10 nitrogen and oxygen atoms in total. The molecule has 0 saturated carbocycles. The predicted molar refractivity (Wildman–Crippen MR) is 234 cm³/mol. The van der Waals surface area contributed by atoms with Gasteiger partial charge in [0.1, 0.15) is 52.9 Å². The molecule has 0 amide bonds. The van der Waals surface area contributed by atoms with E-state index in [1.54, 1.807) is 0 Å². The SMILES string of the molecule is FC(F)C(F)(F)C(F)(F)C(F)(F)CO[Si](OCC(F)(F)C(F)(F)C(F)(F)C(F)F)(OCC(F)(F)C(F)(F)C(F)(F)C(F)F)O[Si](OCC(F)(F)C(F)(F)C(F)(F)C(F)F)(OCC(F)(F)C(F)(F)C(F)(F)C(F)F)O[Si](OCC(F)(F)C(F)(F)C(F)(F)C(F)F)(OCC(F)(F)C(F)(F)C(F)(F)C(F)F)OCC(F)(F)C(F)(F)C(F)(F)C(F)F. The first-order chi connectivity index (χ1) is 50.6. The van der Waals surface area contributed by atoms with Crippen LogP contribution in [0.5, 0.6) is 0 Å². The van der Waals surface area contributed by atoms with E-state index < -0.39 is 274 Å². The molecular weight excluding hydrogens is 1940 g/mol. The highest BCUT2D eigenvalue weighted by Crippen LogP contribution is 2.59. The Balaban J connectivity index is 12.4. The van der Waals surface area contributed by atoms with Crippen molar-refractivity contribution in [1.82, 2.24) is 0 Å². The lowest BCUT2D eigenvalue weighted by atomic mass is 10.1. The van der Waals surface area contributed by atoms with Crippen molar-refractivity contribution in [2.45, 2.75) is 194 Å². The van der Waals surface area contributed by atoms with Crippen molar-refractivity contribution in [3.05, 3.63) is 0 Å². The van der Waals surface area contributed by atoms with Crippen LogP contribution in [0, 0.1) is 0 Å². The summed E-state index contributed by atoms with van der Waals surface area (Å²) in [6, 6.07) is 0. The monoisotopic (exact) mass is 1960 g/mol. The summed E-state index contributed by atoms with van der Waals surface area (Å²) in [6.07, 6.45) is -55.2. The largest absolute Gasteiger partial charge is 0.674 e. The summed E-state index contributed by atoms with van der Waals surface area (Å²) < 4.78 is 952. The van der Waals surface area contributed by atoms with Gasteiger partial charge in [0.2, 0.25) is 0 Å². The van der Waals surface area contributed by atoms with E-state index in [1.165, 1.54) is 0 Å². The second-order valence-electron chi connectivity index (χ2n) is 21.6. The highest BCUT2D eigenvalue weighted by Gasteiger charge is 2.86. The van der Waals surface area contributed by atoms with Gasteiger partial charge in [0.05, 0.1) is 0 Å². The zero-order chi connectivity index (χ0) is 94.8. The Morgan fingerprint density at radius 2 is 0.214 bits per heavy atom. The van der Waals surface area contributed by atoms with Gasteiger partial charge in [0, 0.05) is 0 Å². The molecule has 0 radical (unpaired) electrons. The Hall–Kier alpha value is -4.23. The fraction of sp³-hybridized carbons (Fsp3) is 1.00. The van der Waals surface area contributed by atoms with Gasteiger partial charge in [-0.05, 0) is 0 Å². The highest BCUT2D eigenvalue weighted by molar-refractivity contribution is 6.74. The van der Waals surface area contributed by atoms with Crippen LogP contribution in [0.3, 0.4) is 0 Å². The fourth-order valence-electron chi connectivity index (χ4n) is 6.12. The molecule has 0 aliphatic rings. The average molecular weight is 1960 g/mol. The van der Waals surface area contributed by atoms with Gasteiger partial charge in [-0.1, -0.05) is 0 Å². The zero-order valence-electron chi connectivity index (χ0n) is 52.0. The Bertz CT molecular complexity index is 2740. The first-order valence-corrected chi connectivity index (χ1v) is 31.4. The molecule has 0 bridgehead atoms. The van der Waals surface area contributed by atoms with Crippen LogP contribution in [0.15, 0.2) is 0 Å². The minimum atomic E-state index is -12.1. The molecule has 704 valence electrons. The molecule has 0 aliphatic carbocycles. The summed E-state index contributed by atoms with van der Waals surface area (Å²) in [6.45, 7) is -48.1. The van der Waals surface area contributed by atoms with Crippen LogP contribution >= 0.6 is 0 Å². The molecule has 0 rings (SSSR count). The Kier molecular flexibility index (Phi) is 33.1. The summed E-state index contributed by atoms with van der Waals surface area (Å²) >= 11 is 0. The molecule has 0 heterocycles. The lowest BCUT2D eigenvalue weighted by Gasteiger charge is -2.43. The Morgan fingerprint density at radius 1 is 0.137 bits per heavy atom. The lowest BCUT2D eigenvalue weighted by Crippen LogP contribution is -2.72.